The first-order valence-electron chi connectivity index (χ1n) is 10.0. The largest absolute Gasteiger partial charge is 0.459 e. The van der Waals surface area contributed by atoms with Crippen LogP contribution in [0.15, 0.2) is 84.9 Å². The molecule has 0 aliphatic carbocycles. The summed E-state index contributed by atoms with van der Waals surface area (Å²) in [5, 5.41) is 2.64. The van der Waals surface area contributed by atoms with E-state index < -0.39 is 0 Å². The number of para-hydroxylation sites is 1. The summed E-state index contributed by atoms with van der Waals surface area (Å²) in [6.07, 6.45) is 0. The van der Waals surface area contributed by atoms with Gasteiger partial charge in [0.15, 0.2) is 0 Å². The van der Waals surface area contributed by atoms with Gasteiger partial charge in [0.05, 0.1) is 16.7 Å². The standard InChI is InChI=1S/C26H16N2OS/c1-3-10-22-17(6-1)15-29-26-27-21-13-12-16(14-23(21)28(22)26)18-8-5-9-20-19-7-2-4-11-24(19)30-25(18)20/h1-14H,15H2. The molecule has 0 amide bonds. The number of thiophene rings is 1. The summed E-state index contributed by atoms with van der Waals surface area (Å²) in [6, 6.07) is 30.8. The van der Waals surface area contributed by atoms with E-state index in [1.165, 1.54) is 36.9 Å². The van der Waals surface area contributed by atoms with Crippen LogP contribution in [0.5, 0.6) is 6.01 Å². The summed E-state index contributed by atoms with van der Waals surface area (Å²) >= 11 is 1.86. The van der Waals surface area contributed by atoms with Crippen molar-refractivity contribution in [2.75, 3.05) is 0 Å². The lowest BCUT2D eigenvalue weighted by atomic mass is 10.0. The maximum Gasteiger partial charge on any atom is 0.302 e. The van der Waals surface area contributed by atoms with Crippen LogP contribution in [0.4, 0.5) is 0 Å². The maximum absolute atomic E-state index is 5.94. The summed E-state index contributed by atoms with van der Waals surface area (Å²) in [7, 11) is 0. The van der Waals surface area contributed by atoms with E-state index >= 15 is 0 Å². The van der Waals surface area contributed by atoms with E-state index in [1.807, 2.05) is 11.3 Å². The summed E-state index contributed by atoms with van der Waals surface area (Å²) in [6.45, 7) is 0.563. The Morgan fingerprint density at radius 3 is 2.70 bits per heavy atom. The molecule has 142 valence electrons. The van der Waals surface area contributed by atoms with Crippen LogP contribution < -0.4 is 4.74 Å². The highest BCUT2D eigenvalue weighted by atomic mass is 32.1. The highest BCUT2D eigenvalue weighted by molar-refractivity contribution is 7.26. The molecule has 0 unspecified atom stereocenters. The van der Waals surface area contributed by atoms with Gasteiger partial charge in [0.2, 0.25) is 0 Å². The first-order valence-corrected chi connectivity index (χ1v) is 10.8. The molecule has 3 nitrogen and oxygen atoms in total. The second-order valence-electron chi connectivity index (χ2n) is 7.63. The molecule has 6 aromatic rings. The van der Waals surface area contributed by atoms with Crippen molar-refractivity contribution in [2.24, 2.45) is 0 Å². The van der Waals surface area contributed by atoms with Crippen LogP contribution in [0.25, 0.3) is 48.0 Å². The molecule has 0 atom stereocenters. The minimum Gasteiger partial charge on any atom is -0.459 e. The Balaban J connectivity index is 1.51. The second kappa shape index (κ2) is 5.94. The average Bonchev–Trinajstić information content (AvgIpc) is 3.37. The molecule has 1 aliphatic rings. The van der Waals surface area contributed by atoms with Crippen molar-refractivity contribution in [1.82, 2.24) is 9.55 Å². The topological polar surface area (TPSA) is 27.1 Å². The monoisotopic (exact) mass is 404 g/mol. The highest BCUT2D eigenvalue weighted by Crippen LogP contribution is 2.41. The number of nitrogens with zero attached hydrogens (tertiary/aromatic N) is 2. The van der Waals surface area contributed by atoms with Crippen molar-refractivity contribution in [3.8, 4) is 22.8 Å². The Labute approximate surface area is 176 Å². The minimum absolute atomic E-state index is 0.563. The molecule has 30 heavy (non-hydrogen) atoms. The fourth-order valence-electron chi connectivity index (χ4n) is 4.52. The molecular formula is C26H16N2OS. The van der Waals surface area contributed by atoms with Crippen LogP contribution in [-0.2, 0) is 6.61 Å². The number of rotatable bonds is 1. The number of fused-ring (bicyclic) bond motifs is 8. The third kappa shape index (κ3) is 2.17. The summed E-state index contributed by atoms with van der Waals surface area (Å²) < 4.78 is 10.7. The van der Waals surface area contributed by atoms with Gasteiger partial charge in [-0.15, -0.1) is 11.3 Å². The fourth-order valence-corrected chi connectivity index (χ4v) is 5.76. The predicted octanol–water partition coefficient (Wildman–Crippen LogP) is 6.95. The van der Waals surface area contributed by atoms with Crippen LogP contribution in [0.1, 0.15) is 5.56 Å². The molecule has 0 radical (unpaired) electrons. The number of hydrogen-bond acceptors (Lipinski definition) is 3. The molecule has 4 heteroatoms. The number of benzene rings is 4. The van der Waals surface area contributed by atoms with E-state index in [0.29, 0.717) is 12.6 Å². The zero-order chi connectivity index (χ0) is 19.7. The molecule has 2 aromatic heterocycles. The number of ether oxygens (including phenoxy) is 1. The molecule has 0 spiro atoms. The zero-order valence-electron chi connectivity index (χ0n) is 16.0. The smallest absolute Gasteiger partial charge is 0.302 e. The Hall–Kier alpha value is -3.63. The molecule has 0 bridgehead atoms. The van der Waals surface area contributed by atoms with Crippen LogP contribution in [0.2, 0.25) is 0 Å². The third-order valence-corrected chi connectivity index (χ3v) is 7.15. The SMILES string of the molecule is c1ccc2c(c1)COc1nc3ccc(-c4cccc5c4sc4ccccc45)cc3n1-2. The van der Waals surface area contributed by atoms with Gasteiger partial charge in [-0.3, -0.25) is 4.57 Å². The van der Waals surface area contributed by atoms with Gasteiger partial charge in [-0.1, -0.05) is 60.7 Å². The van der Waals surface area contributed by atoms with Crippen molar-refractivity contribution >= 4 is 42.5 Å². The van der Waals surface area contributed by atoms with Gasteiger partial charge in [-0.2, -0.15) is 4.98 Å². The second-order valence-corrected chi connectivity index (χ2v) is 8.68. The van der Waals surface area contributed by atoms with Gasteiger partial charge >= 0.3 is 6.01 Å². The van der Waals surface area contributed by atoms with E-state index in [-0.39, 0.29) is 0 Å². The lowest BCUT2D eigenvalue weighted by Gasteiger charge is -2.19. The average molecular weight is 404 g/mol. The van der Waals surface area contributed by atoms with Crippen LogP contribution in [0, 0.1) is 0 Å². The number of aromatic nitrogens is 2. The lowest BCUT2D eigenvalue weighted by molar-refractivity contribution is 0.265. The predicted molar refractivity (Wildman–Crippen MR) is 124 cm³/mol. The van der Waals surface area contributed by atoms with E-state index in [1.54, 1.807) is 0 Å². The molecular weight excluding hydrogens is 388 g/mol. The molecule has 7 rings (SSSR count). The molecule has 1 aliphatic heterocycles. The van der Waals surface area contributed by atoms with Crippen molar-refractivity contribution in [3.05, 3.63) is 90.5 Å². The minimum atomic E-state index is 0.563. The van der Waals surface area contributed by atoms with Gasteiger partial charge < -0.3 is 4.74 Å². The molecule has 0 N–H and O–H groups in total. The van der Waals surface area contributed by atoms with Crippen LogP contribution in [-0.4, -0.2) is 9.55 Å². The van der Waals surface area contributed by atoms with Crippen LogP contribution in [0.3, 0.4) is 0 Å². The molecule has 0 saturated heterocycles. The molecule has 0 saturated carbocycles. The number of imidazole rings is 1. The van der Waals surface area contributed by atoms with E-state index in [4.69, 9.17) is 9.72 Å². The fraction of sp³-hybridized carbons (Fsp3) is 0.0385. The Kier molecular flexibility index (Phi) is 3.21. The number of hydrogen-bond donors (Lipinski definition) is 0. The van der Waals surface area contributed by atoms with Gasteiger partial charge in [0.25, 0.3) is 0 Å². The molecule has 0 fully saturated rings. The lowest BCUT2D eigenvalue weighted by Crippen LogP contribution is -2.11. The Morgan fingerprint density at radius 1 is 0.833 bits per heavy atom. The van der Waals surface area contributed by atoms with Gasteiger partial charge in [-0.25, -0.2) is 0 Å². The van der Waals surface area contributed by atoms with E-state index in [9.17, 15) is 0 Å². The third-order valence-electron chi connectivity index (χ3n) is 5.93. The van der Waals surface area contributed by atoms with Crippen molar-refractivity contribution in [3.63, 3.8) is 0 Å². The van der Waals surface area contributed by atoms with Gasteiger partial charge in [0.1, 0.15) is 6.61 Å². The zero-order valence-corrected chi connectivity index (χ0v) is 16.8. The van der Waals surface area contributed by atoms with E-state index in [2.05, 4.69) is 89.5 Å². The summed E-state index contributed by atoms with van der Waals surface area (Å²) in [4.78, 5) is 4.73. The quantitative estimate of drug-likeness (QED) is 0.296. The first-order chi connectivity index (χ1) is 14.9. The Morgan fingerprint density at radius 2 is 1.70 bits per heavy atom. The normalized spacial score (nSPS) is 12.8. The van der Waals surface area contributed by atoms with Gasteiger partial charge in [-0.05, 0) is 35.4 Å². The summed E-state index contributed by atoms with van der Waals surface area (Å²) in [5.41, 5.74) is 6.82. The van der Waals surface area contributed by atoms with Crippen molar-refractivity contribution < 1.29 is 4.74 Å². The first kappa shape index (κ1) is 16.2. The van der Waals surface area contributed by atoms with Crippen molar-refractivity contribution in [2.45, 2.75) is 6.61 Å². The summed E-state index contributed by atoms with van der Waals surface area (Å²) in [5.74, 6) is 0. The highest BCUT2D eigenvalue weighted by Gasteiger charge is 2.21. The Bertz CT molecular complexity index is 1610. The van der Waals surface area contributed by atoms with Gasteiger partial charge in [0, 0.05) is 25.7 Å². The van der Waals surface area contributed by atoms with Crippen molar-refractivity contribution in [1.29, 1.82) is 0 Å². The van der Waals surface area contributed by atoms with Crippen LogP contribution >= 0.6 is 11.3 Å². The van der Waals surface area contributed by atoms with E-state index in [0.717, 1.165) is 16.7 Å². The maximum atomic E-state index is 5.94. The molecule has 3 heterocycles. The molecule has 4 aromatic carbocycles.